The fraction of sp³-hybridized carbons (Fsp3) is 0.533. The normalized spacial score (nSPS) is 22.9. The van der Waals surface area contributed by atoms with Crippen molar-refractivity contribution in [2.45, 2.75) is 25.8 Å². The Morgan fingerprint density at radius 1 is 1.37 bits per heavy atom. The Hall–Kier alpha value is -1.55. The van der Waals surface area contributed by atoms with E-state index in [-0.39, 0.29) is 17.6 Å². The van der Waals surface area contributed by atoms with Crippen molar-refractivity contribution in [2.75, 3.05) is 19.6 Å². The Morgan fingerprint density at radius 2 is 2.26 bits per heavy atom. The topological polar surface area (TPSA) is 52.6 Å². The lowest BCUT2D eigenvalue weighted by Gasteiger charge is -2.33. The van der Waals surface area contributed by atoms with Crippen LogP contribution in [-0.2, 0) is 17.8 Å². The first-order valence-corrected chi connectivity index (χ1v) is 7.04. The number of benzene rings is 1. The maximum atomic E-state index is 12.5. The highest BCUT2D eigenvalue weighted by Crippen LogP contribution is 2.25. The number of piperidine rings is 1. The molecule has 0 aromatic heterocycles. The molecule has 1 aromatic rings. The Bertz CT molecular complexity index is 481. The van der Waals surface area contributed by atoms with E-state index >= 15 is 0 Å². The van der Waals surface area contributed by atoms with Crippen LogP contribution in [0.3, 0.4) is 0 Å². The summed E-state index contributed by atoms with van der Waals surface area (Å²) in [5, 5.41) is 12.8. The number of carbonyl (C=O) groups excluding carboxylic acids is 1. The van der Waals surface area contributed by atoms with Gasteiger partial charge in [-0.25, -0.2) is 0 Å². The van der Waals surface area contributed by atoms with Gasteiger partial charge in [0.15, 0.2) is 0 Å². The lowest BCUT2D eigenvalue weighted by Crippen LogP contribution is -2.44. The molecule has 2 heterocycles. The zero-order chi connectivity index (χ0) is 13.2. The van der Waals surface area contributed by atoms with E-state index in [2.05, 4.69) is 5.32 Å². The molecule has 1 aromatic carbocycles. The lowest BCUT2D eigenvalue weighted by molar-refractivity contribution is -0.137. The third-order valence-electron chi connectivity index (χ3n) is 4.16. The molecule has 0 saturated carbocycles. The number of phenolic OH excluding ortho intramolecular Hbond substituents is 1. The second-order valence-electron chi connectivity index (χ2n) is 5.51. The summed E-state index contributed by atoms with van der Waals surface area (Å²) in [6, 6.07) is 5.48. The second kappa shape index (κ2) is 5.21. The van der Waals surface area contributed by atoms with Gasteiger partial charge in [-0.2, -0.15) is 0 Å². The maximum absolute atomic E-state index is 12.5. The quantitative estimate of drug-likeness (QED) is 0.799. The number of rotatable bonds is 1. The van der Waals surface area contributed by atoms with Gasteiger partial charge in [0, 0.05) is 19.6 Å². The van der Waals surface area contributed by atoms with Crippen LogP contribution >= 0.6 is 0 Å². The van der Waals surface area contributed by atoms with E-state index in [1.54, 1.807) is 12.1 Å². The smallest absolute Gasteiger partial charge is 0.227 e. The molecule has 2 N–H and O–H groups in total. The number of amides is 1. The second-order valence-corrected chi connectivity index (χ2v) is 5.51. The van der Waals surface area contributed by atoms with Gasteiger partial charge in [-0.05, 0) is 49.1 Å². The molecular formula is C15H20N2O2. The van der Waals surface area contributed by atoms with Crippen molar-refractivity contribution in [2.24, 2.45) is 5.92 Å². The minimum absolute atomic E-state index is 0.132. The van der Waals surface area contributed by atoms with Crippen LogP contribution in [0.15, 0.2) is 18.2 Å². The van der Waals surface area contributed by atoms with Crippen molar-refractivity contribution in [3.05, 3.63) is 29.3 Å². The molecule has 1 atom stereocenters. The van der Waals surface area contributed by atoms with Crippen LogP contribution in [0.1, 0.15) is 24.0 Å². The average molecular weight is 260 g/mol. The van der Waals surface area contributed by atoms with Gasteiger partial charge in [0.25, 0.3) is 0 Å². The van der Waals surface area contributed by atoms with Crippen molar-refractivity contribution in [3.63, 3.8) is 0 Å². The summed E-state index contributed by atoms with van der Waals surface area (Å²) in [5.41, 5.74) is 2.34. The van der Waals surface area contributed by atoms with E-state index in [0.29, 0.717) is 6.54 Å². The Labute approximate surface area is 113 Å². The molecule has 19 heavy (non-hydrogen) atoms. The van der Waals surface area contributed by atoms with Gasteiger partial charge < -0.3 is 15.3 Å². The Kier molecular flexibility index (Phi) is 3.42. The fourth-order valence-electron chi connectivity index (χ4n) is 3.05. The first-order valence-electron chi connectivity index (χ1n) is 7.04. The van der Waals surface area contributed by atoms with Crippen molar-refractivity contribution in [3.8, 4) is 5.75 Å². The van der Waals surface area contributed by atoms with Crippen molar-refractivity contribution < 1.29 is 9.90 Å². The fourth-order valence-corrected chi connectivity index (χ4v) is 3.05. The predicted molar refractivity (Wildman–Crippen MR) is 72.8 cm³/mol. The molecule has 0 spiro atoms. The third kappa shape index (κ3) is 2.59. The summed E-state index contributed by atoms with van der Waals surface area (Å²) in [6.45, 7) is 3.27. The largest absolute Gasteiger partial charge is 0.508 e. The number of nitrogens with one attached hydrogen (secondary N) is 1. The SMILES string of the molecule is O=C([C@H]1CCCNC1)N1CCc2ccc(O)cc2C1. The van der Waals surface area contributed by atoms with Crippen LogP contribution in [-0.4, -0.2) is 35.5 Å². The molecule has 0 aliphatic carbocycles. The summed E-state index contributed by atoms with van der Waals surface area (Å²) in [6.07, 6.45) is 2.97. The van der Waals surface area contributed by atoms with Gasteiger partial charge in [0.05, 0.1) is 5.92 Å². The monoisotopic (exact) mass is 260 g/mol. The highest BCUT2D eigenvalue weighted by atomic mass is 16.3. The molecule has 1 saturated heterocycles. The van der Waals surface area contributed by atoms with Crippen molar-refractivity contribution in [1.82, 2.24) is 10.2 Å². The molecule has 2 aliphatic heterocycles. The van der Waals surface area contributed by atoms with E-state index in [0.717, 1.165) is 44.5 Å². The van der Waals surface area contributed by atoms with Crippen LogP contribution in [0, 0.1) is 5.92 Å². The van der Waals surface area contributed by atoms with E-state index < -0.39 is 0 Å². The lowest BCUT2D eigenvalue weighted by atomic mass is 9.95. The van der Waals surface area contributed by atoms with Crippen LogP contribution in [0.25, 0.3) is 0 Å². The predicted octanol–water partition coefficient (Wildman–Crippen LogP) is 1.28. The summed E-state index contributed by atoms with van der Waals surface area (Å²) in [5.74, 6) is 0.682. The molecule has 102 valence electrons. The molecule has 2 aliphatic rings. The first kappa shape index (κ1) is 12.5. The summed E-state index contributed by atoms with van der Waals surface area (Å²) < 4.78 is 0. The van der Waals surface area contributed by atoms with Gasteiger partial charge in [-0.15, -0.1) is 0 Å². The zero-order valence-electron chi connectivity index (χ0n) is 11.1. The highest BCUT2D eigenvalue weighted by molar-refractivity contribution is 5.79. The number of hydrogen-bond acceptors (Lipinski definition) is 3. The van der Waals surface area contributed by atoms with Crippen molar-refractivity contribution in [1.29, 1.82) is 0 Å². The Morgan fingerprint density at radius 3 is 3.05 bits per heavy atom. The average Bonchev–Trinajstić information content (AvgIpc) is 2.46. The van der Waals surface area contributed by atoms with E-state index in [1.165, 1.54) is 5.56 Å². The molecule has 4 nitrogen and oxygen atoms in total. The van der Waals surface area contributed by atoms with Gasteiger partial charge in [0.2, 0.25) is 5.91 Å². The number of fused-ring (bicyclic) bond motifs is 1. The van der Waals surface area contributed by atoms with Crippen LogP contribution in [0.5, 0.6) is 5.75 Å². The Balaban J connectivity index is 1.72. The molecule has 4 heteroatoms. The number of aromatic hydroxyl groups is 1. The molecule has 0 radical (unpaired) electrons. The maximum Gasteiger partial charge on any atom is 0.227 e. The van der Waals surface area contributed by atoms with Crippen LogP contribution in [0.4, 0.5) is 0 Å². The number of nitrogens with zero attached hydrogens (tertiary/aromatic N) is 1. The van der Waals surface area contributed by atoms with Crippen LogP contribution < -0.4 is 5.32 Å². The standard InChI is InChI=1S/C15H20N2O2/c18-14-4-3-11-5-7-17(10-13(11)8-14)15(19)12-2-1-6-16-9-12/h3-4,8,12,16,18H,1-2,5-7,9-10H2/t12-/m0/s1. The van der Waals surface area contributed by atoms with Gasteiger partial charge in [-0.3, -0.25) is 4.79 Å². The van der Waals surface area contributed by atoms with Gasteiger partial charge in [-0.1, -0.05) is 6.07 Å². The summed E-state index contributed by atoms with van der Waals surface area (Å²) >= 11 is 0. The summed E-state index contributed by atoms with van der Waals surface area (Å²) in [4.78, 5) is 14.4. The molecule has 3 rings (SSSR count). The minimum atomic E-state index is 0.132. The highest BCUT2D eigenvalue weighted by Gasteiger charge is 2.28. The van der Waals surface area contributed by atoms with Gasteiger partial charge >= 0.3 is 0 Å². The third-order valence-corrected chi connectivity index (χ3v) is 4.16. The number of phenols is 1. The molecule has 1 fully saturated rings. The van der Waals surface area contributed by atoms with Crippen molar-refractivity contribution >= 4 is 5.91 Å². The molecule has 0 unspecified atom stereocenters. The molecular weight excluding hydrogens is 240 g/mol. The van der Waals surface area contributed by atoms with Crippen LogP contribution in [0.2, 0.25) is 0 Å². The zero-order valence-corrected chi connectivity index (χ0v) is 11.1. The van der Waals surface area contributed by atoms with Gasteiger partial charge in [0.1, 0.15) is 5.75 Å². The first-order chi connectivity index (χ1) is 9.24. The molecule has 1 amide bonds. The number of hydrogen-bond donors (Lipinski definition) is 2. The molecule has 0 bridgehead atoms. The minimum Gasteiger partial charge on any atom is -0.508 e. The van der Waals surface area contributed by atoms with E-state index in [4.69, 9.17) is 0 Å². The van der Waals surface area contributed by atoms with E-state index in [1.807, 2.05) is 11.0 Å². The summed E-state index contributed by atoms with van der Waals surface area (Å²) in [7, 11) is 0. The van der Waals surface area contributed by atoms with E-state index in [9.17, 15) is 9.90 Å². The number of carbonyl (C=O) groups is 1.